The van der Waals surface area contributed by atoms with Gasteiger partial charge in [-0.05, 0) is 13.0 Å². The fourth-order valence-electron chi connectivity index (χ4n) is 1.38. The van der Waals surface area contributed by atoms with Crippen LogP contribution >= 0.6 is 0 Å². The predicted molar refractivity (Wildman–Crippen MR) is 69.0 cm³/mol. The highest BCUT2D eigenvalue weighted by molar-refractivity contribution is 5.31. The molecule has 0 spiro atoms. The zero-order valence-corrected chi connectivity index (χ0v) is 11.7. The van der Waals surface area contributed by atoms with Crippen molar-refractivity contribution in [3.63, 3.8) is 0 Å². The molecule has 1 atom stereocenters. The van der Waals surface area contributed by atoms with Gasteiger partial charge in [0.05, 0.1) is 13.3 Å². The molecule has 0 radical (unpaired) electrons. The maximum Gasteiger partial charge on any atom is 0.425 e. The number of methoxy groups -OCH3 is 1. The maximum absolute atomic E-state index is 12.4. The summed E-state index contributed by atoms with van der Waals surface area (Å²) in [7, 11) is 1.46. The Hall–Kier alpha value is -2.58. The molecule has 6 nitrogen and oxygen atoms in total. The van der Waals surface area contributed by atoms with E-state index < -0.39 is 12.3 Å². The smallest absolute Gasteiger partial charge is 0.425 e. The van der Waals surface area contributed by atoms with Gasteiger partial charge in [-0.3, -0.25) is 0 Å². The largest absolute Gasteiger partial charge is 0.495 e. The van der Waals surface area contributed by atoms with Gasteiger partial charge in [-0.15, -0.1) is 5.10 Å². The number of hydrogen-bond donors (Lipinski definition) is 0. The van der Waals surface area contributed by atoms with E-state index in [-0.39, 0.29) is 17.5 Å². The zero-order valence-electron chi connectivity index (χ0n) is 11.7. The van der Waals surface area contributed by atoms with Crippen molar-refractivity contribution in [1.82, 2.24) is 15.2 Å². The van der Waals surface area contributed by atoms with E-state index in [9.17, 15) is 13.2 Å². The normalized spacial score (nSPS) is 12.6. The van der Waals surface area contributed by atoms with Gasteiger partial charge in [0.2, 0.25) is 11.8 Å². The molecule has 1 unspecified atom stereocenters. The molecule has 118 valence electrons. The summed E-state index contributed by atoms with van der Waals surface area (Å²) in [5.74, 6) is 0.557. The Labute approximate surface area is 123 Å². The molecular formula is C13H12F3N3O3. The quantitative estimate of drug-likeness (QED) is 0.845. The van der Waals surface area contributed by atoms with Crippen molar-refractivity contribution < 1.29 is 27.4 Å². The molecule has 0 saturated carbocycles. The number of alkyl halides is 3. The Morgan fingerprint density at radius 3 is 2.55 bits per heavy atom. The molecule has 2 rings (SSSR count). The lowest BCUT2D eigenvalue weighted by Gasteiger charge is -2.17. The van der Waals surface area contributed by atoms with Gasteiger partial charge in [0.15, 0.2) is 6.10 Å². The van der Waals surface area contributed by atoms with Crippen molar-refractivity contribution in [3.8, 4) is 23.3 Å². The molecule has 2 aromatic rings. The SMILES string of the molecule is COc1cnnc(Oc2ccnc(OC(C)C(F)(F)F)c2)c1. The van der Waals surface area contributed by atoms with E-state index in [0.717, 1.165) is 6.92 Å². The van der Waals surface area contributed by atoms with E-state index in [2.05, 4.69) is 15.2 Å². The van der Waals surface area contributed by atoms with Crippen LogP contribution in [0.3, 0.4) is 0 Å². The van der Waals surface area contributed by atoms with Crippen LogP contribution < -0.4 is 14.2 Å². The third kappa shape index (κ3) is 4.21. The van der Waals surface area contributed by atoms with Crippen LogP contribution in [0.25, 0.3) is 0 Å². The van der Waals surface area contributed by atoms with Crippen molar-refractivity contribution in [2.24, 2.45) is 0 Å². The molecule has 0 N–H and O–H groups in total. The summed E-state index contributed by atoms with van der Waals surface area (Å²) in [5, 5.41) is 7.38. The summed E-state index contributed by atoms with van der Waals surface area (Å²) in [6.45, 7) is 0.892. The Morgan fingerprint density at radius 1 is 1.14 bits per heavy atom. The van der Waals surface area contributed by atoms with Crippen LogP contribution in [-0.4, -0.2) is 34.6 Å². The zero-order chi connectivity index (χ0) is 16.2. The van der Waals surface area contributed by atoms with Gasteiger partial charge in [-0.2, -0.15) is 18.3 Å². The highest BCUT2D eigenvalue weighted by Crippen LogP contribution is 2.27. The summed E-state index contributed by atoms with van der Waals surface area (Å²) in [5.41, 5.74) is 0. The molecule has 0 aliphatic heterocycles. The third-order valence-corrected chi connectivity index (χ3v) is 2.53. The van der Waals surface area contributed by atoms with Gasteiger partial charge in [0.25, 0.3) is 0 Å². The first-order valence-electron chi connectivity index (χ1n) is 6.12. The van der Waals surface area contributed by atoms with Crippen LogP contribution in [-0.2, 0) is 0 Å². The first-order chi connectivity index (χ1) is 10.4. The van der Waals surface area contributed by atoms with Crippen molar-refractivity contribution in [2.75, 3.05) is 7.11 Å². The summed E-state index contributed by atoms with van der Waals surface area (Å²) in [6.07, 6.45) is -3.80. The minimum atomic E-state index is -4.48. The topological polar surface area (TPSA) is 66.4 Å². The molecule has 2 aromatic heterocycles. The van der Waals surface area contributed by atoms with Crippen molar-refractivity contribution in [2.45, 2.75) is 19.2 Å². The molecule has 0 aliphatic rings. The first-order valence-corrected chi connectivity index (χ1v) is 6.12. The van der Waals surface area contributed by atoms with Crippen LogP contribution in [0.4, 0.5) is 13.2 Å². The minimum absolute atomic E-state index is 0.125. The molecule has 0 amide bonds. The number of pyridine rings is 1. The number of rotatable bonds is 5. The highest BCUT2D eigenvalue weighted by Gasteiger charge is 2.38. The molecule has 0 saturated heterocycles. The van der Waals surface area contributed by atoms with Gasteiger partial charge in [-0.25, -0.2) is 4.98 Å². The van der Waals surface area contributed by atoms with E-state index in [1.165, 1.54) is 37.7 Å². The second kappa shape index (κ2) is 6.46. The molecule has 0 fully saturated rings. The van der Waals surface area contributed by atoms with Crippen LogP contribution in [0.2, 0.25) is 0 Å². The van der Waals surface area contributed by atoms with E-state index in [4.69, 9.17) is 14.2 Å². The van der Waals surface area contributed by atoms with Crippen molar-refractivity contribution >= 4 is 0 Å². The van der Waals surface area contributed by atoms with Gasteiger partial charge < -0.3 is 14.2 Å². The number of halogens is 3. The fraction of sp³-hybridized carbons (Fsp3) is 0.308. The summed E-state index contributed by atoms with van der Waals surface area (Å²) >= 11 is 0. The Balaban J connectivity index is 2.11. The van der Waals surface area contributed by atoms with Crippen LogP contribution in [0.5, 0.6) is 23.3 Å². The third-order valence-electron chi connectivity index (χ3n) is 2.53. The Kier molecular flexibility index (Phi) is 4.64. The second-order valence-corrected chi connectivity index (χ2v) is 4.17. The lowest BCUT2D eigenvalue weighted by Crippen LogP contribution is -2.31. The molecule has 0 aromatic carbocycles. The summed E-state index contributed by atoms with van der Waals surface area (Å²) in [4.78, 5) is 3.71. The monoisotopic (exact) mass is 315 g/mol. The van der Waals surface area contributed by atoms with Crippen molar-refractivity contribution in [1.29, 1.82) is 0 Å². The molecule has 22 heavy (non-hydrogen) atoms. The highest BCUT2D eigenvalue weighted by atomic mass is 19.4. The van der Waals surface area contributed by atoms with Crippen LogP contribution in [0.1, 0.15) is 6.92 Å². The first kappa shape index (κ1) is 15.8. The fourth-order valence-corrected chi connectivity index (χ4v) is 1.38. The van der Waals surface area contributed by atoms with Crippen LogP contribution in [0.15, 0.2) is 30.6 Å². The standard InChI is InChI=1S/C13H12F3N3O3/c1-8(13(14,15)16)21-11-5-9(3-4-17-11)22-12-6-10(20-2)7-18-19-12/h3-8H,1-2H3. The maximum atomic E-state index is 12.4. The molecule has 2 heterocycles. The summed E-state index contributed by atoms with van der Waals surface area (Å²) < 4.78 is 52.4. The number of aromatic nitrogens is 3. The Morgan fingerprint density at radius 2 is 1.86 bits per heavy atom. The van der Waals surface area contributed by atoms with E-state index in [1.54, 1.807) is 0 Å². The van der Waals surface area contributed by atoms with Gasteiger partial charge in [-0.1, -0.05) is 0 Å². The molecule has 0 aliphatic carbocycles. The van der Waals surface area contributed by atoms with E-state index in [0.29, 0.717) is 5.75 Å². The van der Waals surface area contributed by atoms with Crippen LogP contribution in [0, 0.1) is 0 Å². The van der Waals surface area contributed by atoms with E-state index in [1.807, 2.05) is 0 Å². The second-order valence-electron chi connectivity index (χ2n) is 4.17. The van der Waals surface area contributed by atoms with Gasteiger partial charge >= 0.3 is 6.18 Å². The van der Waals surface area contributed by atoms with Crippen molar-refractivity contribution in [3.05, 3.63) is 30.6 Å². The lowest BCUT2D eigenvalue weighted by molar-refractivity contribution is -0.190. The lowest BCUT2D eigenvalue weighted by atomic mass is 10.4. The number of hydrogen-bond acceptors (Lipinski definition) is 6. The molecular weight excluding hydrogens is 303 g/mol. The van der Waals surface area contributed by atoms with E-state index >= 15 is 0 Å². The average Bonchev–Trinajstić information content (AvgIpc) is 2.47. The predicted octanol–water partition coefficient (Wildman–Crippen LogP) is 3.00. The Bertz CT molecular complexity index is 637. The molecule has 0 bridgehead atoms. The summed E-state index contributed by atoms with van der Waals surface area (Å²) in [6, 6.07) is 4.15. The average molecular weight is 315 g/mol. The van der Waals surface area contributed by atoms with Gasteiger partial charge in [0.1, 0.15) is 11.5 Å². The molecule has 9 heteroatoms. The minimum Gasteiger partial charge on any atom is -0.495 e. The number of nitrogens with zero attached hydrogens (tertiary/aromatic N) is 3. The van der Waals surface area contributed by atoms with Gasteiger partial charge in [0, 0.05) is 18.3 Å². The number of ether oxygens (including phenoxy) is 3.